The maximum atomic E-state index is 12.5. The number of rotatable bonds is 8. The molecule has 5 nitrogen and oxygen atoms in total. The summed E-state index contributed by atoms with van der Waals surface area (Å²) in [4.78, 5) is 12.3. The summed E-state index contributed by atoms with van der Waals surface area (Å²) in [6, 6.07) is 14.3. The first-order valence-electron chi connectivity index (χ1n) is 8.36. The Morgan fingerprint density at radius 1 is 1.04 bits per heavy atom. The van der Waals surface area contributed by atoms with Crippen LogP contribution in [0.2, 0.25) is 0 Å². The highest BCUT2D eigenvalue weighted by Crippen LogP contribution is 2.16. The van der Waals surface area contributed by atoms with E-state index in [-0.39, 0.29) is 10.8 Å². The molecule has 0 aliphatic carbocycles. The average molecular weight is 360 g/mol. The van der Waals surface area contributed by atoms with Gasteiger partial charge in [0.2, 0.25) is 10.0 Å². The van der Waals surface area contributed by atoms with Crippen LogP contribution in [0, 0.1) is 6.92 Å². The summed E-state index contributed by atoms with van der Waals surface area (Å²) >= 11 is 0. The Balaban J connectivity index is 2.09. The number of amides is 1. The predicted octanol–water partition coefficient (Wildman–Crippen LogP) is 2.66. The second-order valence-electron chi connectivity index (χ2n) is 5.87. The fourth-order valence-electron chi connectivity index (χ4n) is 2.40. The molecule has 2 aromatic carbocycles. The summed E-state index contributed by atoms with van der Waals surface area (Å²) in [5.74, 6) is -0.249. The van der Waals surface area contributed by atoms with Crippen LogP contribution >= 0.6 is 0 Å². The molecule has 2 rings (SSSR count). The Morgan fingerprint density at radius 2 is 1.76 bits per heavy atom. The van der Waals surface area contributed by atoms with Crippen molar-refractivity contribution in [1.82, 2.24) is 10.0 Å². The van der Waals surface area contributed by atoms with Crippen LogP contribution in [0.4, 0.5) is 0 Å². The molecule has 134 valence electrons. The van der Waals surface area contributed by atoms with Crippen LogP contribution in [-0.2, 0) is 16.4 Å². The number of hydrogen-bond donors (Lipinski definition) is 2. The molecule has 25 heavy (non-hydrogen) atoms. The van der Waals surface area contributed by atoms with E-state index in [1.165, 1.54) is 12.1 Å². The second kappa shape index (κ2) is 8.78. The second-order valence-corrected chi connectivity index (χ2v) is 7.63. The molecule has 0 saturated heterocycles. The molecular weight excluding hydrogens is 336 g/mol. The van der Waals surface area contributed by atoms with Crippen LogP contribution in [0.1, 0.15) is 34.8 Å². The molecule has 0 radical (unpaired) electrons. The molecule has 6 heteroatoms. The van der Waals surface area contributed by atoms with Gasteiger partial charge in [-0.05, 0) is 43.0 Å². The first kappa shape index (κ1) is 19.1. The van der Waals surface area contributed by atoms with Crippen LogP contribution < -0.4 is 10.0 Å². The van der Waals surface area contributed by atoms with Crippen molar-refractivity contribution in [3.63, 3.8) is 0 Å². The molecule has 0 unspecified atom stereocenters. The minimum Gasteiger partial charge on any atom is -0.352 e. The average Bonchev–Trinajstić information content (AvgIpc) is 2.60. The predicted molar refractivity (Wildman–Crippen MR) is 99.1 cm³/mol. The van der Waals surface area contributed by atoms with Crippen molar-refractivity contribution in [2.75, 3.05) is 13.1 Å². The summed E-state index contributed by atoms with van der Waals surface area (Å²) in [5, 5.41) is 2.78. The van der Waals surface area contributed by atoms with Crippen molar-refractivity contribution in [3.8, 4) is 0 Å². The van der Waals surface area contributed by atoms with Gasteiger partial charge in [-0.25, -0.2) is 13.1 Å². The quantitative estimate of drug-likeness (QED) is 0.760. The number of nitrogens with one attached hydrogen (secondary N) is 2. The molecule has 0 bridgehead atoms. The number of aryl methyl sites for hydroxylation is 1. The number of carbonyl (C=O) groups excluding carboxylic acids is 1. The molecule has 0 spiro atoms. The molecule has 0 aliphatic rings. The zero-order valence-corrected chi connectivity index (χ0v) is 15.4. The van der Waals surface area contributed by atoms with E-state index < -0.39 is 10.0 Å². The van der Waals surface area contributed by atoms with Gasteiger partial charge in [-0.3, -0.25) is 4.79 Å². The number of benzene rings is 2. The molecule has 0 aliphatic heterocycles. The van der Waals surface area contributed by atoms with E-state index in [1.54, 1.807) is 13.0 Å². The summed E-state index contributed by atoms with van der Waals surface area (Å²) < 4.78 is 27.6. The van der Waals surface area contributed by atoms with E-state index in [0.717, 1.165) is 17.5 Å². The van der Waals surface area contributed by atoms with Crippen molar-refractivity contribution in [3.05, 3.63) is 65.2 Å². The van der Waals surface area contributed by atoms with Crippen LogP contribution in [0.15, 0.2) is 53.4 Å². The normalized spacial score (nSPS) is 11.3. The fourth-order valence-corrected chi connectivity index (χ4v) is 3.46. The van der Waals surface area contributed by atoms with Crippen LogP contribution in [0.5, 0.6) is 0 Å². The molecule has 2 aromatic rings. The van der Waals surface area contributed by atoms with Crippen LogP contribution in [0.25, 0.3) is 0 Å². The molecular formula is C19H24N2O3S. The smallest absolute Gasteiger partial charge is 0.251 e. The number of carbonyl (C=O) groups is 1. The molecule has 0 heterocycles. The largest absolute Gasteiger partial charge is 0.352 e. The van der Waals surface area contributed by atoms with Crippen molar-refractivity contribution >= 4 is 15.9 Å². The zero-order chi connectivity index (χ0) is 18.3. The maximum absolute atomic E-state index is 12.5. The van der Waals surface area contributed by atoms with E-state index in [2.05, 4.69) is 10.0 Å². The lowest BCUT2D eigenvalue weighted by Crippen LogP contribution is -2.28. The fraction of sp³-hybridized carbons (Fsp3) is 0.316. The lowest BCUT2D eigenvalue weighted by atomic mass is 10.1. The lowest BCUT2D eigenvalue weighted by molar-refractivity contribution is 0.0953. The lowest BCUT2D eigenvalue weighted by Gasteiger charge is -2.11. The minimum atomic E-state index is -3.65. The highest BCUT2D eigenvalue weighted by molar-refractivity contribution is 7.89. The third kappa shape index (κ3) is 5.41. The first-order chi connectivity index (χ1) is 11.9. The highest BCUT2D eigenvalue weighted by atomic mass is 32.2. The molecule has 2 N–H and O–H groups in total. The van der Waals surface area contributed by atoms with Crippen molar-refractivity contribution in [1.29, 1.82) is 0 Å². The van der Waals surface area contributed by atoms with E-state index >= 15 is 0 Å². The molecule has 1 amide bonds. The Bertz CT molecular complexity index is 818. The van der Waals surface area contributed by atoms with Gasteiger partial charge >= 0.3 is 0 Å². The topological polar surface area (TPSA) is 75.3 Å². The molecule has 0 atom stereocenters. The summed E-state index contributed by atoms with van der Waals surface area (Å²) in [6.45, 7) is 4.62. The van der Waals surface area contributed by atoms with Gasteiger partial charge in [0.15, 0.2) is 0 Å². The molecule has 0 fully saturated rings. The van der Waals surface area contributed by atoms with Crippen LogP contribution in [0.3, 0.4) is 0 Å². The van der Waals surface area contributed by atoms with Crippen molar-refractivity contribution in [2.45, 2.75) is 31.6 Å². The van der Waals surface area contributed by atoms with Gasteiger partial charge in [0.25, 0.3) is 5.91 Å². The van der Waals surface area contributed by atoms with Crippen LogP contribution in [-0.4, -0.2) is 27.4 Å². The van der Waals surface area contributed by atoms with Crippen molar-refractivity contribution < 1.29 is 13.2 Å². The first-order valence-corrected chi connectivity index (χ1v) is 9.85. The summed E-state index contributed by atoms with van der Waals surface area (Å²) in [6.07, 6.45) is 1.43. The van der Waals surface area contributed by atoms with Crippen molar-refractivity contribution in [2.24, 2.45) is 0 Å². The Morgan fingerprint density at radius 3 is 2.44 bits per heavy atom. The summed E-state index contributed by atoms with van der Waals surface area (Å²) in [7, 11) is -3.65. The van der Waals surface area contributed by atoms with Gasteiger partial charge in [-0.15, -0.1) is 0 Å². The highest BCUT2D eigenvalue weighted by Gasteiger charge is 2.17. The molecule has 0 aromatic heterocycles. The van der Waals surface area contributed by atoms with E-state index in [0.29, 0.717) is 25.1 Å². The third-order valence-corrected chi connectivity index (χ3v) is 5.31. The van der Waals surface area contributed by atoms with E-state index in [1.807, 2.05) is 37.3 Å². The van der Waals surface area contributed by atoms with Gasteiger partial charge in [-0.1, -0.05) is 43.3 Å². The Labute approximate surface area is 149 Å². The monoisotopic (exact) mass is 360 g/mol. The zero-order valence-electron chi connectivity index (χ0n) is 14.6. The number of sulfonamides is 1. The summed E-state index contributed by atoms with van der Waals surface area (Å²) in [5.41, 5.74) is 2.20. The third-order valence-electron chi connectivity index (χ3n) is 3.85. The van der Waals surface area contributed by atoms with Gasteiger partial charge in [0.05, 0.1) is 4.90 Å². The Hall–Kier alpha value is -2.18. The van der Waals surface area contributed by atoms with Gasteiger partial charge in [0.1, 0.15) is 0 Å². The standard InChI is InChI=1S/C19H24N2O3S/c1-3-12-20-19(22)18-14-17(10-9-15(18)2)25(23,24)21-13-11-16-7-5-4-6-8-16/h4-10,14,21H,3,11-13H2,1-2H3,(H,20,22). The van der Waals surface area contributed by atoms with E-state index in [9.17, 15) is 13.2 Å². The Kier molecular flexibility index (Phi) is 6.73. The maximum Gasteiger partial charge on any atom is 0.251 e. The SMILES string of the molecule is CCCNC(=O)c1cc(S(=O)(=O)NCCc2ccccc2)ccc1C. The molecule has 0 saturated carbocycles. The van der Waals surface area contributed by atoms with E-state index in [4.69, 9.17) is 0 Å². The number of hydrogen-bond acceptors (Lipinski definition) is 3. The van der Waals surface area contributed by atoms with Gasteiger partial charge < -0.3 is 5.32 Å². The van der Waals surface area contributed by atoms with Gasteiger partial charge in [0, 0.05) is 18.7 Å². The minimum absolute atomic E-state index is 0.104. The van der Waals surface area contributed by atoms with Gasteiger partial charge in [-0.2, -0.15) is 0 Å².